The van der Waals surface area contributed by atoms with Crippen LogP contribution >= 0.6 is 11.3 Å². The van der Waals surface area contributed by atoms with Crippen molar-refractivity contribution >= 4 is 36.7 Å². The van der Waals surface area contributed by atoms with Gasteiger partial charge < -0.3 is 4.74 Å². The molecule has 0 atom stereocenters. The zero-order valence-corrected chi connectivity index (χ0v) is 13.7. The van der Waals surface area contributed by atoms with Gasteiger partial charge in [0.25, 0.3) is 10.0 Å². The number of hydrogen-bond donors (Lipinski definition) is 1. The van der Waals surface area contributed by atoms with Crippen LogP contribution in [0, 0.1) is 5.82 Å². The maximum atomic E-state index is 13.2. The van der Waals surface area contributed by atoms with E-state index in [0.717, 1.165) is 11.3 Å². The van der Waals surface area contributed by atoms with Crippen molar-refractivity contribution in [3.05, 3.63) is 48.3 Å². The summed E-state index contributed by atoms with van der Waals surface area (Å²) in [5.74, 6) is 0.212. The molecule has 0 amide bonds. The molecule has 0 fully saturated rings. The summed E-state index contributed by atoms with van der Waals surface area (Å²) in [6, 6.07) is 10.2. The molecule has 3 aromatic rings. The summed E-state index contributed by atoms with van der Waals surface area (Å²) in [4.78, 5) is 4.25. The highest BCUT2D eigenvalue weighted by Gasteiger charge is 2.17. The van der Waals surface area contributed by atoms with E-state index < -0.39 is 10.0 Å². The highest BCUT2D eigenvalue weighted by Crippen LogP contribution is 2.28. The molecule has 3 rings (SSSR count). The Kier molecular flexibility index (Phi) is 4.18. The van der Waals surface area contributed by atoms with E-state index in [-0.39, 0.29) is 15.8 Å². The number of nitrogens with one attached hydrogen (secondary N) is 1. The molecule has 23 heavy (non-hydrogen) atoms. The number of sulfonamides is 1. The van der Waals surface area contributed by atoms with Gasteiger partial charge in [0, 0.05) is 0 Å². The van der Waals surface area contributed by atoms with Crippen LogP contribution in [-0.2, 0) is 10.0 Å². The Morgan fingerprint density at radius 1 is 1.22 bits per heavy atom. The third kappa shape index (κ3) is 3.43. The normalized spacial score (nSPS) is 11.6. The van der Waals surface area contributed by atoms with Crippen LogP contribution in [0.2, 0.25) is 0 Å². The molecule has 2 aromatic carbocycles. The van der Waals surface area contributed by atoms with Gasteiger partial charge >= 0.3 is 0 Å². The van der Waals surface area contributed by atoms with Gasteiger partial charge in [0.2, 0.25) is 0 Å². The standard InChI is InChI=1S/C15H13FN2O3S2/c1-2-21-11-4-6-12(7-5-11)23(19,20)18-15-17-13-8-3-10(16)9-14(13)22-15/h3-9H,2H2,1H3,(H,17,18). The summed E-state index contributed by atoms with van der Waals surface area (Å²) >= 11 is 1.08. The van der Waals surface area contributed by atoms with E-state index in [0.29, 0.717) is 22.6 Å². The molecule has 0 aliphatic rings. The lowest BCUT2D eigenvalue weighted by molar-refractivity contribution is 0.340. The summed E-state index contributed by atoms with van der Waals surface area (Å²) in [7, 11) is -3.75. The fourth-order valence-corrected chi connectivity index (χ4v) is 4.12. The van der Waals surface area contributed by atoms with Crippen LogP contribution in [0.3, 0.4) is 0 Å². The van der Waals surface area contributed by atoms with Gasteiger partial charge in [-0.2, -0.15) is 0 Å². The van der Waals surface area contributed by atoms with E-state index in [1.807, 2.05) is 6.92 Å². The average Bonchev–Trinajstić information content (AvgIpc) is 2.88. The van der Waals surface area contributed by atoms with Crippen molar-refractivity contribution in [2.75, 3.05) is 11.3 Å². The average molecular weight is 352 g/mol. The van der Waals surface area contributed by atoms with Crippen LogP contribution in [0.25, 0.3) is 10.2 Å². The molecule has 0 saturated carbocycles. The molecule has 0 radical (unpaired) electrons. The number of rotatable bonds is 5. The Bertz CT molecular complexity index is 937. The smallest absolute Gasteiger partial charge is 0.263 e. The van der Waals surface area contributed by atoms with Gasteiger partial charge in [0.05, 0.1) is 21.7 Å². The van der Waals surface area contributed by atoms with Crippen LogP contribution in [0.4, 0.5) is 9.52 Å². The molecular formula is C15H13FN2O3S2. The summed E-state index contributed by atoms with van der Waals surface area (Å²) in [6.07, 6.45) is 0. The van der Waals surface area contributed by atoms with Gasteiger partial charge in [-0.3, -0.25) is 4.72 Å². The van der Waals surface area contributed by atoms with Crippen molar-refractivity contribution in [1.82, 2.24) is 4.98 Å². The Hall–Kier alpha value is -2.19. The number of aromatic nitrogens is 1. The fourth-order valence-electron chi connectivity index (χ4n) is 2.00. The molecule has 0 unspecified atom stereocenters. The minimum absolute atomic E-state index is 0.103. The summed E-state index contributed by atoms with van der Waals surface area (Å²) in [5.41, 5.74) is 0.542. The summed E-state index contributed by atoms with van der Waals surface area (Å²) in [6.45, 7) is 2.36. The van der Waals surface area contributed by atoms with Gasteiger partial charge in [0.15, 0.2) is 5.13 Å². The highest BCUT2D eigenvalue weighted by molar-refractivity contribution is 7.93. The maximum Gasteiger partial charge on any atom is 0.263 e. The van der Waals surface area contributed by atoms with Crippen molar-refractivity contribution in [1.29, 1.82) is 0 Å². The first-order valence-corrected chi connectivity index (χ1v) is 9.09. The minimum atomic E-state index is -3.75. The first-order chi connectivity index (χ1) is 11.0. The first kappa shape index (κ1) is 15.7. The number of benzene rings is 2. The van der Waals surface area contributed by atoms with Gasteiger partial charge in [-0.1, -0.05) is 11.3 Å². The number of hydrogen-bond acceptors (Lipinski definition) is 5. The Labute approximate surface area is 136 Å². The molecule has 5 nitrogen and oxygen atoms in total. The molecule has 1 heterocycles. The van der Waals surface area contributed by atoms with Gasteiger partial charge in [-0.25, -0.2) is 17.8 Å². The van der Waals surface area contributed by atoms with Crippen LogP contribution in [0.15, 0.2) is 47.4 Å². The van der Waals surface area contributed by atoms with Crippen LogP contribution in [0.5, 0.6) is 5.75 Å². The molecule has 120 valence electrons. The van der Waals surface area contributed by atoms with Gasteiger partial charge in [0.1, 0.15) is 11.6 Å². The topological polar surface area (TPSA) is 68.3 Å². The molecule has 0 aliphatic heterocycles. The molecular weight excluding hydrogens is 339 g/mol. The molecule has 0 bridgehead atoms. The predicted octanol–water partition coefficient (Wildman–Crippen LogP) is 3.63. The molecule has 8 heteroatoms. The van der Waals surface area contributed by atoms with Crippen LogP contribution < -0.4 is 9.46 Å². The minimum Gasteiger partial charge on any atom is -0.494 e. The Morgan fingerprint density at radius 2 is 1.96 bits per heavy atom. The van der Waals surface area contributed by atoms with E-state index in [1.165, 1.54) is 30.3 Å². The van der Waals surface area contributed by atoms with Crippen LogP contribution in [-0.4, -0.2) is 20.0 Å². The SMILES string of the molecule is CCOc1ccc(S(=O)(=O)Nc2nc3ccc(F)cc3s2)cc1. The van der Waals surface area contributed by atoms with Crippen molar-refractivity contribution in [3.63, 3.8) is 0 Å². The molecule has 0 saturated heterocycles. The van der Waals surface area contributed by atoms with Crippen molar-refractivity contribution in [2.45, 2.75) is 11.8 Å². The van der Waals surface area contributed by atoms with Gasteiger partial charge in [-0.05, 0) is 49.4 Å². The van der Waals surface area contributed by atoms with E-state index >= 15 is 0 Å². The number of anilines is 1. The lowest BCUT2D eigenvalue weighted by Crippen LogP contribution is -2.12. The quantitative estimate of drug-likeness (QED) is 0.761. The molecule has 0 aliphatic carbocycles. The van der Waals surface area contributed by atoms with Crippen molar-refractivity contribution in [2.24, 2.45) is 0 Å². The fraction of sp³-hybridized carbons (Fsp3) is 0.133. The maximum absolute atomic E-state index is 13.2. The Morgan fingerprint density at radius 3 is 2.65 bits per heavy atom. The van der Waals surface area contributed by atoms with Crippen molar-refractivity contribution < 1.29 is 17.5 Å². The zero-order valence-electron chi connectivity index (χ0n) is 12.1. The number of nitrogens with zero attached hydrogens (tertiary/aromatic N) is 1. The van der Waals surface area contributed by atoms with E-state index in [9.17, 15) is 12.8 Å². The second-order valence-corrected chi connectivity index (χ2v) is 7.35. The van der Waals surface area contributed by atoms with Crippen LogP contribution in [0.1, 0.15) is 6.92 Å². The predicted molar refractivity (Wildman–Crippen MR) is 88.0 cm³/mol. The highest BCUT2D eigenvalue weighted by atomic mass is 32.2. The van der Waals surface area contributed by atoms with E-state index in [4.69, 9.17) is 4.74 Å². The number of ether oxygens (including phenoxy) is 1. The van der Waals surface area contributed by atoms with E-state index in [2.05, 4.69) is 9.71 Å². The molecule has 0 spiro atoms. The zero-order chi connectivity index (χ0) is 16.4. The van der Waals surface area contributed by atoms with Crippen molar-refractivity contribution in [3.8, 4) is 5.75 Å². The number of fused-ring (bicyclic) bond motifs is 1. The van der Waals surface area contributed by atoms with Gasteiger partial charge in [-0.15, -0.1) is 0 Å². The van der Waals surface area contributed by atoms with E-state index in [1.54, 1.807) is 12.1 Å². The second-order valence-electron chi connectivity index (χ2n) is 4.64. The third-order valence-corrected chi connectivity index (χ3v) is 5.43. The number of halogens is 1. The lowest BCUT2D eigenvalue weighted by atomic mass is 10.3. The summed E-state index contributed by atoms with van der Waals surface area (Å²) in [5, 5.41) is 0.194. The monoisotopic (exact) mass is 352 g/mol. The third-order valence-electron chi connectivity index (χ3n) is 3.02. The Balaban J connectivity index is 1.86. The molecule has 1 N–H and O–H groups in total. The molecule has 1 aromatic heterocycles. The lowest BCUT2D eigenvalue weighted by Gasteiger charge is -2.06. The first-order valence-electron chi connectivity index (χ1n) is 6.80. The number of thiazole rings is 1. The largest absolute Gasteiger partial charge is 0.494 e. The second kappa shape index (κ2) is 6.13. The summed E-state index contributed by atoms with van der Waals surface area (Å²) < 4.78 is 46.2.